The van der Waals surface area contributed by atoms with Gasteiger partial charge in [-0.15, -0.1) is 0 Å². The van der Waals surface area contributed by atoms with Crippen molar-refractivity contribution in [2.24, 2.45) is 0 Å². The molecular formula is C21H25BrN2O4. The fraction of sp³-hybridized carbons (Fsp3) is 0.333. The third kappa shape index (κ3) is 6.35. The highest BCUT2D eigenvalue weighted by Gasteiger charge is 2.18. The molecule has 0 unspecified atom stereocenters. The van der Waals surface area contributed by atoms with Gasteiger partial charge >= 0.3 is 0 Å². The zero-order valence-corrected chi connectivity index (χ0v) is 17.8. The van der Waals surface area contributed by atoms with Crippen LogP contribution >= 0.6 is 15.9 Å². The zero-order chi connectivity index (χ0) is 20.5. The Morgan fingerprint density at radius 1 is 1.07 bits per heavy atom. The Morgan fingerprint density at radius 3 is 2.54 bits per heavy atom. The quantitative estimate of drug-likeness (QED) is 0.561. The summed E-state index contributed by atoms with van der Waals surface area (Å²) in [7, 11) is 1.62. The fourth-order valence-corrected chi connectivity index (χ4v) is 2.89. The lowest BCUT2D eigenvalue weighted by atomic mass is 10.1. The molecule has 0 radical (unpaired) electrons. The maximum atomic E-state index is 12.9. The number of carbonyl (C=O) groups is 2. The average molecular weight is 449 g/mol. The standard InChI is InChI=1S/C21H25BrN2O4/c1-14(2)28-19-10-9-15(22)13-17(19)21(26)24-18-8-5-4-7-16(18)20(25)23-11-6-12-27-3/h4-5,7-10,13-14H,6,11-12H2,1-3H3,(H,23,25)(H,24,26). The van der Waals surface area contributed by atoms with Crippen LogP contribution in [0.1, 0.15) is 41.0 Å². The number of para-hydroxylation sites is 1. The zero-order valence-electron chi connectivity index (χ0n) is 16.3. The Morgan fingerprint density at radius 2 is 1.82 bits per heavy atom. The highest BCUT2D eigenvalue weighted by atomic mass is 79.9. The monoisotopic (exact) mass is 448 g/mol. The summed E-state index contributed by atoms with van der Waals surface area (Å²) in [5, 5.41) is 5.66. The third-order valence-electron chi connectivity index (χ3n) is 3.78. The summed E-state index contributed by atoms with van der Waals surface area (Å²) in [5.74, 6) is -0.117. The number of hydrogen-bond donors (Lipinski definition) is 2. The minimum absolute atomic E-state index is 0.0714. The van der Waals surface area contributed by atoms with Gasteiger partial charge in [0.25, 0.3) is 11.8 Å². The maximum Gasteiger partial charge on any atom is 0.259 e. The number of carbonyl (C=O) groups excluding carboxylic acids is 2. The first-order chi connectivity index (χ1) is 13.4. The number of rotatable bonds is 9. The molecule has 2 rings (SSSR count). The number of anilines is 1. The van der Waals surface area contributed by atoms with E-state index in [2.05, 4.69) is 26.6 Å². The molecule has 0 atom stereocenters. The summed E-state index contributed by atoms with van der Waals surface area (Å²) in [6.07, 6.45) is 0.642. The van der Waals surface area contributed by atoms with Gasteiger partial charge in [-0.3, -0.25) is 9.59 Å². The van der Waals surface area contributed by atoms with Gasteiger partial charge in [0.2, 0.25) is 0 Å². The number of ether oxygens (including phenoxy) is 2. The molecule has 0 aliphatic carbocycles. The van der Waals surface area contributed by atoms with Crippen molar-refractivity contribution < 1.29 is 19.1 Å². The van der Waals surface area contributed by atoms with Crippen molar-refractivity contribution in [3.63, 3.8) is 0 Å². The molecule has 0 saturated heterocycles. The van der Waals surface area contributed by atoms with Crippen LogP contribution in [0, 0.1) is 0 Å². The van der Waals surface area contributed by atoms with Crippen LogP contribution in [0.15, 0.2) is 46.9 Å². The molecule has 0 bridgehead atoms. The van der Waals surface area contributed by atoms with E-state index in [-0.39, 0.29) is 17.9 Å². The van der Waals surface area contributed by atoms with Gasteiger partial charge < -0.3 is 20.1 Å². The van der Waals surface area contributed by atoms with Crippen LogP contribution in [-0.4, -0.2) is 38.2 Å². The van der Waals surface area contributed by atoms with Gasteiger partial charge in [0.1, 0.15) is 5.75 Å². The fourth-order valence-electron chi connectivity index (χ4n) is 2.53. The van der Waals surface area contributed by atoms with Crippen molar-refractivity contribution in [2.45, 2.75) is 26.4 Å². The van der Waals surface area contributed by atoms with E-state index in [0.29, 0.717) is 42.1 Å². The summed E-state index contributed by atoms with van der Waals surface area (Å²) >= 11 is 3.39. The Kier molecular flexibility index (Phi) is 8.47. The molecule has 0 heterocycles. The predicted molar refractivity (Wildman–Crippen MR) is 113 cm³/mol. The van der Waals surface area contributed by atoms with Gasteiger partial charge in [-0.05, 0) is 50.6 Å². The molecule has 150 valence electrons. The third-order valence-corrected chi connectivity index (χ3v) is 4.27. The Labute approximate surface area is 173 Å². The van der Waals surface area contributed by atoms with Crippen LogP contribution in [0.3, 0.4) is 0 Å². The van der Waals surface area contributed by atoms with Crippen LogP contribution < -0.4 is 15.4 Å². The van der Waals surface area contributed by atoms with E-state index in [0.717, 1.165) is 4.47 Å². The number of hydrogen-bond acceptors (Lipinski definition) is 4. The summed E-state index contributed by atoms with van der Waals surface area (Å²) in [6.45, 7) is 4.85. The van der Waals surface area contributed by atoms with Gasteiger partial charge in [-0.25, -0.2) is 0 Å². The second-order valence-corrected chi connectivity index (χ2v) is 7.32. The van der Waals surface area contributed by atoms with E-state index in [1.54, 1.807) is 43.5 Å². The molecule has 0 aliphatic heterocycles. The molecular weight excluding hydrogens is 424 g/mol. The first kappa shape index (κ1) is 21.9. The highest BCUT2D eigenvalue weighted by Crippen LogP contribution is 2.26. The Balaban J connectivity index is 2.19. The molecule has 2 N–H and O–H groups in total. The van der Waals surface area contributed by atoms with E-state index in [1.165, 1.54) is 0 Å². The van der Waals surface area contributed by atoms with Gasteiger partial charge in [-0.1, -0.05) is 28.1 Å². The van der Waals surface area contributed by atoms with Crippen LogP contribution in [0.2, 0.25) is 0 Å². The first-order valence-corrected chi connectivity index (χ1v) is 9.85. The molecule has 2 aromatic rings. The first-order valence-electron chi connectivity index (χ1n) is 9.06. The molecule has 0 fully saturated rings. The van der Waals surface area contributed by atoms with Crippen molar-refractivity contribution in [2.75, 3.05) is 25.6 Å². The van der Waals surface area contributed by atoms with E-state index >= 15 is 0 Å². The molecule has 0 aliphatic rings. The van der Waals surface area contributed by atoms with E-state index in [9.17, 15) is 9.59 Å². The summed E-state index contributed by atoms with van der Waals surface area (Å²) in [5.41, 5.74) is 1.22. The summed E-state index contributed by atoms with van der Waals surface area (Å²) in [6, 6.07) is 12.1. The number of methoxy groups -OCH3 is 1. The molecule has 2 aromatic carbocycles. The van der Waals surface area contributed by atoms with Crippen molar-refractivity contribution in [1.82, 2.24) is 5.32 Å². The van der Waals surface area contributed by atoms with Crippen molar-refractivity contribution in [1.29, 1.82) is 0 Å². The van der Waals surface area contributed by atoms with Crippen LogP contribution in [0.4, 0.5) is 5.69 Å². The van der Waals surface area contributed by atoms with Crippen LogP contribution in [-0.2, 0) is 4.74 Å². The number of amides is 2. The lowest BCUT2D eigenvalue weighted by Gasteiger charge is -2.16. The minimum atomic E-state index is -0.350. The van der Waals surface area contributed by atoms with E-state index in [1.807, 2.05) is 19.9 Å². The van der Waals surface area contributed by atoms with Crippen molar-refractivity contribution >= 4 is 33.4 Å². The van der Waals surface area contributed by atoms with Gasteiger partial charge in [0, 0.05) is 24.7 Å². The lowest BCUT2D eigenvalue weighted by molar-refractivity contribution is 0.0949. The molecule has 6 nitrogen and oxygen atoms in total. The molecule has 2 amide bonds. The second-order valence-electron chi connectivity index (χ2n) is 6.41. The normalized spacial score (nSPS) is 10.6. The maximum absolute atomic E-state index is 12.9. The Hall–Kier alpha value is -2.38. The second kappa shape index (κ2) is 10.8. The number of nitrogens with one attached hydrogen (secondary N) is 2. The van der Waals surface area contributed by atoms with Gasteiger partial charge in [0.05, 0.1) is 22.9 Å². The minimum Gasteiger partial charge on any atom is -0.490 e. The van der Waals surface area contributed by atoms with E-state index in [4.69, 9.17) is 9.47 Å². The number of benzene rings is 2. The van der Waals surface area contributed by atoms with Gasteiger partial charge in [-0.2, -0.15) is 0 Å². The van der Waals surface area contributed by atoms with Crippen molar-refractivity contribution in [3.05, 3.63) is 58.1 Å². The highest BCUT2D eigenvalue weighted by molar-refractivity contribution is 9.10. The number of halogens is 1. The molecule has 0 saturated carbocycles. The van der Waals surface area contributed by atoms with Crippen LogP contribution in [0.5, 0.6) is 5.75 Å². The topological polar surface area (TPSA) is 76.7 Å². The van der Waals surface area contributed by atoms with E-state index < -0.39 is 0 Å². The average Bonchev–Trinajstić information content (AvgIpc) is 2.66. The predicted octanol–water partition coefficient (Wildman–Crippen LogP) is 4.25. The lowest BCUT2D eigenvalue weighted by Crippen LogP contribution is -2.27. The molecule has 7 heteroatoms. The summed E-state index contributed by atoms with van der Waals surface area (Å²) in [4.78, 5) is 25.4. The van der Waals surface area contributed by atoms with Crippen molar-refractivity contribution in [3.8, 4) is 5.75 Å². The Bertz CT molecular complexity index is 824. The molecule has 28 heavy (non-hydrogen) atoms. The molecule has 0 spiro atoms. The molecule has 0 aromatic heterocycles. The smallest absolute Gasteiger partial charge is 0.259 e. The SMILES string of the molecule is COCCCNC(=O)c1ccccc1NC(=O)c1cc(Br)ccc1OC(C)C. The largest absolute Gasteiger partial charge is 0.490 e. The van der Waals surface area contributed by atoms with Crippen LogP contribution in [0.25, 0.3) is 0 Å². The van der Waals surface area contributed by atoms with Gasteiger partial charge in [0.15, 0.2) is 0 Å². The summed E-state index contributed by atoms with van der Waals surface area (Å²) < 4.78 is 11.5.